The van der Waals surface area contributed by atoms with Gasteiger partial charge in [0, 0.05) is 62.2 Å². The highest BCUT2D eigenvalue weighted by atomic mass is 19.4. The van der Waals surface area contributed by atoms with Crippen molar-refractivity contribution in [1.82, 2.24) is 39.5 Å². The monoisotopic (exact) mass is 761 g/mol. The molecule has 5 saturated heterocycles. The normalized spacial score (nSPS) is 27.4. The molecule has 290 valence electrons. The van der Waals surface area contributed by atoms with Gasteiger partial charge in [-0.05, 0) is 76.1 Å². The summed E-state index contributed by atoms with van der Waals surface area (Å²) in [6, 6.07) is 3.47. The second-order valence-electron chi connectivity index (χ2n) is 16.3. The van der Waals surface area contributed by atoms with Gasteiger partial charge >= 0.3 is 12.2 Å². The van der Waals surface area contributed by atoms with Crippen LogP contribution in [0.2, 0.25) is 0 Å². The molecule has 0 aliphatic carbocycles. The Hall–Kier alpha value is -4.57. The van der Waals surface area contributed by atoms with Crippen LogP contribution >= 0.6 is 0 Å². The van der Waals surface area contributed by atoms with E-state index in [1.165, 1.54) is 13.1 Å². The number of rotatable bonds is 6. The van der Waals surface area contributed by atoms with Crippen molar-refractivity contribution >= 4 is 44.6 Å². The number of hydrogen-bond donors (Lipinski definition) is 1. The summed E-state index contributed by atoms with van der Waals surface area (Å²) in [5, 5.41) is 9.35. The lowest BCUT2D eigenvalue weighted by Gasteiger charge is -2.49. The molecule has 16 heteroatoms. The summed E-state index contributed by atoms with van der Waals surface area (Å²) in [6.07, 6.45) is 3.82. The van der Waals surface area contributed by atoms with Crippen LogP contribution in [0.1, 0.15) is 75.1 Å². The lowest BCUT2D eigenvalue weighted by molar-refractivity contribution is -0.137. The molecular formula is C39H43F4N9O3. The molecule has 10 rings (SSSR count). The van der Waals surface area contributed by atoms with Crippen LogP contribution in [0.3, 0.4) is 0 Å². The number of benzene rings is 1. The largest absolute Gasteiger partial charge is 0.461 e. The van der Waals surface area contributed by atoms with Crippen LogP contribution in [0.15, 0.2) is 24.5 Å². The molecule has 2 unspecified atom stereocenters. The molecule has 1 amide bonds. The number of aromatic nitrogens is 6. The molecule has 1 aromatic carbocycles. The molecule has 4 aromatic heterocycles. The van der Waals surface area contributed by atoms with E-state index in [4.69, 9.17) is 24.4 Å². The first-order valence-electron chi connectivity index (χ1n) is 19.4. The smallest absolute Gasteiger partial charge is 0.417 e. The van der Waals surface area contributed by atoms with Crippen molar-refractivity contribution in [1.29, 1.82) is 0 Å². The fourth-order valence-corrected chi connectivity index (χ4v) is 10.3. The van der Waals surface area contributed by atoms with Gasteiger partial charge in [0.05, 0.1) is 51.4 Å². The van der Waals surface area contributed by atoms with Gasteiger partial charge in [0.15, 0.2) is 6.23 Å². The van der Waals surface area contributed by atoms with E-state index in [2.05, 4.69) is 20.2 Å². The third-order valence-corrected chi connectivity index (χ3v) is 12.8. The van der Waals surface area contributed by atoms with Crippen molar-refractivity contribution in [2.45, 2.75) is 94.4 Å². The highest BCUT2D eigenvalue weighted by Crippen LogP contribution is 2.48. The molecule has 55 heavy (non-hydrogen) atoms. The van der Waals surface area contributed by atoms with Gasteiger partial charge in [-0.2, -0.15) is 28.2 Å². The number of anilines is 1. The van der Waals surface area contributed by atoms with Gasteiger partial charge < -0.3 is 24.3 Å². The lowest BCUT2D eigenvalue weighted by atomic mass is 9.80. The summed E-state index contributed by atoms with van der Waals surface area (Å²) in [4.78, 5) is 31.1. The van der Waals surface area contributed by atoms with Gasteiger partial charge in [-0.15, -0.1) is 0 Å². The van der Waals surface area contributed by atoms with E-state index in [1.54, 1.807) is 34.6 Å². The number of alkyl halides is 4. The average molecular weight is 762 g/mol. The quantitative estimate of drug-likeness (QED) is 0.156. The molecule has 5 aliphatic rings. The number of piperidine rings is 1. The number of amides is 1. The van der Waals surface area contributed by atoms with Crippen LogP contribution in [0, 0.1) is 6.92 Å². The predicted octanol–water partition coefficient (Wildman–Crippen LogP) is 6.37. The molecule has 4 atom stereocenters. The Morgan fingerprint density at radius 2 is 1.95 bits per heavy atom. The Bertz CT molecular complexity index is 2360. The lowest BCUT2D eigenvalue weighted by Crippen LogP contribution is -2.68. The highest BCUT2D eigenvalue weighted by molar-refractivity contribution is 6.17. The molecule has 0 saturated carbocycles. The second kappa shape index (κ2) is 12.5. The number of pyridine rings is 1. The second-order valence-corrected chi connectivity index (χ2v) is 16.3. The molecule has 0 radical (unpaired) electrons. The van der Waals surface area contributed by atoms with Crippen LogP contribution in [-0.2, 0) is 22.8 Å². The summed E-state index contributed by atoms with van der Waals surface area (Å²) in [6.45, 7) is 4.62. The standard InChI is InChI=1S/C39H43F4N9O3/c1-22-15-26-25(18-45-52(26)28-7-3-4-14-54-28)29(31(22)39(41,42)43)32-33-24(8-11-44-32)30-34(49(33)2)46-36(55-21-38-10-6-13-51(38)19-23(40)16-38)47-35(30)50-12-5-9-37(20-50)17-27(53)48-37/h8,11,15,18,23,28H,3-7,9-10,12-14,16-17,19-21H2,1-2H3,(H,48,53)/t23-,28?,37?,38+/m1/s1. The van der Waals surface area contributed by atoms with E-state index < -0.39 is 23.5 Å². The molecule has 1 N–H and O–H groups in total. The third-order valence-electron chi connectivity index (χ3n) is 12.8. The van der Waals surface area contributed by atoms with Crippen molar-refractivity contribution in [3.63, 3.8) is 0 Å². The minimum Gasteiger partial charge on any atom is -0.461 e. The van der Waals surface area contributed by atoms with E-state index in [0.29, 0.717) is 84.2 Å². The van der Waals surface area contributed by atoms with Crippen LogP contribution in [-0.4, -0.2) is 96.7 Å². The molecule has 12 nitrogen and oxygen atoms in total. The van der Waals surface area contributed by atoms with Crippen molar-refractivity contribution in [3.8, 4) is 17.3 Å². The Balaban J connectivity index is 1.17. The topological polar surface area (TPSA) is 115 Å². The number of fused-ring (bicyclic) bond motifs is 5. The molecular weight excluding hydrogens is 718 g/mol. The van der Waals surface area contributed by atoms with Crippen molar-refractivity contribution in [3.05, 3.63) is 35.7 Å². The Morgan fingerprint density at radius 1 is 1.11 bits per heavy atom. The van der Waals surface area contributed by atoms with Gasteiger partial charge in [-0.25, -0.2) is 9.07 Å². The van der Waals surface area contributed by atoms with Gasteiger partial charge in [0.2, 0.25) is 5.91 Å². The Kier molecular flexibility index (Phi) is 7.91. The van der Waals surface area contributed by atoms with E-state index in [0.717, 1.165) is 45.1 Å². The van der Waals surface area contributed by atoms with Gasteiger partial charge in [0.25, 0.3) is 0 Å². The van der Waals surface area contributed by atoms with E-state index in [-0.39, 0.29) is 47.1 Å². The van der Waals surface area contributed by atoms with Crippen LogP contribution < -0.4 is 15.0 Å². The zero-order valence-corrected chi connectivity index (χ0v) is 30.9. The van der Waals surface area contributed by atoms with E-state index in [9.17, 15) is 9.18 Å². The Labute approximate surface area is 314 Å². The average Bonchev–Trinajstić information content (AvgIpc) is 3.89. The molecule has 9 heterocycles. The molecule has 5 fully saturated rings. The van der Waals surface area contributed by atoms with Gasteiger partial charge in [0.1, 0.15) is 24.2 Å². The van der Waals surface area contributed by atoms with Crippen LogP contribution in [0.25, 0.3) is 44.1 Å². The first-order chi connectivity index (χ1) is 26.4. The number of nitrogens with zero attached hydrogens (tertiary/aromatic N) is 8. The number of aryl methyl sites for hydroxylation is 2. The van der Waals surface area contributed by atoms with Crippen molar-refractivity contribution in [2.24, 2.45) is 7.05 Å². The number of carbonyl (C=O) groups excluding carboxylic acids is 1. The van der Waals surface area contributed by atoms with Gasteiger partial charge in [-0.3, -0.25) is 14.7 Å². The SMILES string of the molecule is Cc1cc2c(cnn2C2CCCCO2)c(-c2nccc3c4c(N5CCCC6(CC(=O)N6)C5)nc(OC[C@@]56CCCN5C[C@H](F)C6)nc4n(C)c23)c1C(F)(F)F. The Morgan fingerprint density at radius 3 is 2.73 bits per heavy atom. The molecule has 5 aliphatic heterocycles. The number of halogens is 4. The fraction of sp³-hybridized carbons (Fsp3) is 0.564. The van der Waals surface area contributed by atoms with E-state index >= 15 is 13.2 Å². The number of β-lactam (4-membered cyclic amide) rings is 1. The summed E-state index contributed by atoms with van der Waals surface area (Å²) >= 11 is 0. The maximum atomic E-state index is 15.2. The van der Waals surface area contributed by atoms with Crippen molar-refractivity contribution in [2.75, 3.05) is 44.3 Å². The molecule has 5 aromatic rings. The van der Waals surface area contributed by atoms with Crippen LogP contribution in [0.4, 0.5) is 23.4 Å². The highest BCUT2D eigenvalue weighted by Gasteiger charge is 2.50. The van der Waals surface area contributed by atoms with Crippen molar-refractivity contribution < 1.29 is 31.8 Å². The number of ether oxygens (including phenoxy) is 2. The minimum atomic E-state index is -4.70. The van der Waals surface area contributed by atoms with Gasteiger partial charge in [-0.1, -0.05) is 0 Å². The third kappa shape index (κ3) is 5.48. The fourth-order valence-electron chi connectivity index (χ4n) is 10.3. The molecule has 0 bridgehead atoms. The zero-order valence-electron chi connectivity index (χ0n) is 30.9. The minimum absolute atomic E-state index is 0.00555. The number of nitrogens with one attached hydrogen (secondary N) is 1. The zero-order chi connectivity index (χ0) is 37.9. The summed E-state index contributed by atoms with van der Waals surface area (Å²) in [7, 11) is 1.78. The predicted molar refractivity (Wildman–Crippen MR) is 197 cm³/mol. The first kappa shape index (κ1) is 34.9. The summed E-state index contributed by atoms with van der Waals surface area (Å²) in [5.74, 6) is 0.581. The maximum Gasteiger partial charge on any atom is 0.417 e. The first-order valence-corrected chi connectivity index (χ1v) is 19.4. The number of carbonyl (C=O) groups is 1. The summed E-state index contributed by atoms with van der Waals surface area (Å²) < 4.78 is 76.3. The molecule has 1 spiro atoms. The van der Waals surface area contributed by atoms with E-state index in [1.807, 2.05) is 0 Å². The maximum absolute atomic E-state index is 15.2. The number of hydrogen-bond acceptors (Lipinski definition) is 9. The summed E-state index contributed by atoms with van der Waals surface area (Å²) in [5.41, 5.74) is 0.0523. The van der Waals surface area contributed by atoms with Crippen LogP contribution in [0.5, 0.6) is 6.01 Å².